The summed E-state index contributed by atoms with van der Waals surface area (Å²) in [5.74, 6) is 0.115. The molecule has 1 fully saturated rings. The summed E-state index contributed by atoms with van der Waals surface area (Å²) in [6.07, 6.45) is 3.57. The van der Waals surface area contributed by atoms with Gasteiger partial charge in [0.1, 0.15) is 5.69 Å². The van der Waals surface area contributed by atoms with Crippen molar-refractivity contribution in [1.82, 2.24) is 9.78 Å². The molecule has 1 saturated carbocycles. The predicted octanol–water partition coefficient (Wildman–Crippen LogP) is 0.763. The quantitative estimate of drug-likeness (QED) is 0.749. The molecular formula is C10H14N2O3. The van der Waals surface area contributed by atoms with E-state index in [1.54, 1.807) is 4.68 Å². The fraction of sp³-hybridized carbons (Fsp3) is 0.600. The van der Waals surface area contributed by atoms with Gasteiger partial charge in [-0.2, -0.15) is 0 Å². The highest BCUT2D eigenvalue weighted by atomic mass is 16.5. The van der Waals surface area contributed by atoms with Crippen LogP contribution < -0.4 is 5.56 Å². The second-order valence-electron chi connectivity index (χ2n) is 3.90. The predicted molar refractivity (Wildman–Crippen MR) is 53.7 cm³/mol. The maximum absolute atomic E-state index is 11.3. The third-order valence-electron chi connectivity index (χ3n) is 2.86. The molecule has 5 nitrogen and oxygen atoms in total. The van der Waals surface area contributed by atoms with Crippen LogP contribution >= 0.6 is 0 Å². The first-order chi connectivity index (χ1) is 7.20. The van der Waals surface area contributed by atoms with Crippen molar-refractivity contribution in [2.45, 2.75) is 25.8 Å². The number of ether oxygens (including phenoxy) is 1. The Balaban J connectivity index is 2.20. The van der Waals surface area contributed by atoms with Crippen LogP contribution in [0.4, 0.5) is 0 Å². The molecule has 2 rings (SSSR count). The smallest absolute Gasteiger partial charge is 0.356 e. The largest absolute Gasteiger partial charge is 0.464 e. The van der Waals surface area contributed by atoms with E-state index in [-0.39, 0.29) is 5.56 Å². The van der Waals surface area contributed by atoms with Crippen LogP contribution in [0, 0.1) is 5.92 Å². The van der Waals surface area contributed by atoms with Gasteiger partial charge in [-0.1, -0.05) is 6.42 Å². The van der Waals surface area contributed by atoms with Crippen molar-refractivity contribution in [3.05, 3.63) is 22.1 Å². The SMILES string of the molecule is COC(=O)c1cc(=O)[nH]n1CC1CCC1. The number of methoxy groups -OCH3 is 1. The number of hydrogen-bond acceptors (Lipinski definition) is 3. The minimum absolute atomic E-state index is 0.255. The molecule has 15 heavy (non-hydrogen) atoms. The van der Waals surface area contributed by atoms with Gasteiger partial charge in [0.15, 0.2) is 0 Å². The zero-order valence-corrected chi connectivity index (χ0v) is 8.66. The third-order valence-corrected chi connectivity index (χ3v) is 2.86. The van der Waals surface area contributed by atoms with Gasteiger partial charge in [-0.15, -0.1) is 0 Å². The number of H-pyrrole nitrogens is 1. The standard InChI is InChI=1S/C10H14N2O3/c1-15-10(14)8-5-9(13)11-12(8)6-7-3-2-4-7/h5,7H,2-4,6H2,1H3,(H,11,13). The lowest BCUT2D eigenvalue weighted by molar-refractivity contribution is 0.0583. The van der Waals surface area contributed by atoms with Gasteiger partial charge in [-0.3, -0.25) is 14.6 Å². The van der Waals surface area contributed by atoms with Gasteiger partial charge in [0.25, 0.3) is 5.56 Å². The molecule has 1 aromatic heterocycles. The normalized spacial score (nSPS) is 16.1. The molecule has 0 radical (unpaired) electrons. The Bertz CT molecular complexity index is 415. The Labute approximate surface area is 87.0 Å². The highest BCUT2D eigenvalue weighted by Gasteiger charge is 2.21. The number of rotatable bonds is 3. The Morgan fingerprint density at radius 2 is 2.40 bits per heavy atom. The molecule has 0 aromatic carbocycles. The number of aromatic amines is 1. The van der Waals surface area contributed by atoms with E-state index in [0.29, 0.717) is 18.2 Å². The highest BCUT2D eigenvalue weighted by molar-refractivity contribution is 5.87. The van der Waals surface area contributed by atoms with Crippen molar-refractivity contribution in [3.63, 3.8) is 0 Å². The van der Waals surface area contributed by atoms with Gasteiger partial charge >= 0.3 is 5.97 Å². The molecule has 1 N–H and O–H groups in total. The molecule has 1 aliphatic carbocycles. The van der Waals surface area contributed by atoms with Crippen LogP contribution in [0.15, 0.2) is 10.9 Å². The van der Waals surface area contributed by atoms with Gasteiger partial charge in [0, 0.05) is 12.6 Å². The molecule has 0 spiro atoms. The third kappa shape index (κ3) is 1.95. The molecule has 1 aromatic rings. The Morgan fingerprint density at radius 3 is 2.93 bits per heavy atom. The van der Waals surface area contributed by atoms with Crippen LogP contribution in [0.5, 0.6) is 0 Å². The van der Waals surface area contributed by atoms with E-state index >= 15 is 0 Å². The second kappa shape index (κ2) is 3.92. The average molecular weight is 210 g/mol. The van der Waals surface area contributed by atoms with Crippen molar-refractivity contribution in [3.8, 4) is 0 Å². The Kier molecular flexibility index (Phi) is 2.62. The Hall–Kier alpha value is -1.52. The van der Waals surface area contributed by atoms with Crippen molar-refractivity contribution >= 4 is 5.97 Å². The first-order valence-corrected chi connectivity index (χ1v) is 5.09. The number of carbonyl (C=O) groups excluding carboxylic acids is 1. The number of carbonyl (C=O) groups is 1. The van der Waals surface area contributed by atoms with Crippen LogP contribution in [-0.4, -0.2) is 22.9 Å². The molecule has 0 bridgehead atoms. The monoisotopic (exact) mass is 210 g/mol. The topological polar surface area (TPSA) is 64.1 Å². The first kappa shape index (κ1) is 10.0. The summed E-state index contributed by atoms with van der Waals surface area (Å²) < 4.78 is 6.20. The molecular weight excluding hydrogens is 196 g/mol. The number of nitrogens with zero attached hydrogens (tertiary/aromatic N) is 1. The molecule has 5 heteroatoms. The van der Waals surface area contributed by atoms with Crippen molar-refractivity contribution in [2.24, 2.45) is 5.92 Å². The van der Waals surface area contributed by atoms with E-state index in [9.17, 15) is 9.59 Å². The van der Waals surface area contributed by atoms with E-state index < -0.39 is 5.97 Å². The van der Waals surface area contributed by atoms with Gasteiger partial charge in [0.05, 0.1) is 7.11 Å². The zero-order valence-electron chi connectivity index (χ0n) is 8.66. The molecule has 0 saturated heterocycles. The van der Waals surface area contributed by atoms with Crippen molar-refractivity contribution < 1.29 is 9.53 Å². The van der Waals surface area contributed by atoms with E-state index in [0.717, 1.165) is 0 Å². The number of esters is 1. The lowest BCUT2D eigenvalue weighted by Crippen LogP contribution is -2.22. The van der Waals surface area contributed by atoms with E-state index in [1.807, 2.05) is 0 Å². The van der Waals surface area contributed by atoms with Crippen molar-refractivity contribution in [2.75, 3.05) is 7.11 Å². The van der Waals surface area contributed by atoms with Gasteiger partial charge in [-0.25, -0.2) is 4.79 Å². The van der Waals surface area contributed by atoms with Crippen molar-refractivity contribution in [1.29, 1.82) is 0 Å². The molecule has 1 heterocycles. The fourth-order valence-corrected chi connectivity index (χ4v) is 1.78. The summed E-state index contributed by atoms with van der Waals surface area (Å²) in [5, 5.41) is 2.62. The van der Waals surface area contributed by atoms with Crippen LogP contribution in [0.1, 0.15) is 29.8 Å². The number of nitrogens with one attached hydrogen (secondary N) is 1. The summed E-state index contributed by atoms with van der Waals surface area (Å²) in [6.45, 7) is 0.701. The van der Waals surface area contributed by atoms with Crippen LogP contribution in [0.3, 0.4) is 0 Å². The minimum Gasteiger partial charge on any atom is -0.464 e. The molecule has 0 aliphatic heterocycles. The summed E-state index contributed by atoms with van der Waals surface area (Å²) in [4.78, 5) is 22.5. The number of aromatic nitrogens is 2. The Morgan fingerprint density at radius 1 is 1.67 bits per heavy atom. The fourth-order valence-electron chi connectivity index (χ4n) is 1.78. The summed E-state index contributed by atoms with van der Waals surface area (Å²) >= 11 is 0. The summed E-state index contributed by atoms with van der Waals surface area (Å²) in [7, 11) is 1.31. The molecule has 0 unspecified atom stereocenters. The lowest BCUT2D eigenvalue weighted by Gasteiger charge is -2.25. The molecule has 1 aliphatic rings. The maximum atomic E-state index is 11.3. The van der Waals surface area contributed by atoms with Gasteiger partial charge in [0.2, 0.25) is 0 Å². The number of hydrogen-bond donors (Lipinski definition) is 1. The van der Waals surface area contributed by atoms with Crippen LogP contribution in [-0.2, 0) is 11.3 Å². The van der Waals surface area contributed by atoms with E-state index in [2.05, 4.69) is 9.84 Å². The van der Waals surface area contributed by atoms with Gasteiger partial charge < -0.3 is 4.74 Å². The zero-order chi connectivity index (χ0) is 10.8. The van der Waals surface area contributed by atoms with Crippen LogP contribution in [0.2, 0.25) is 0 Å². The summed E-state index contributed by atoms with van der Waals surface area (Å²) in [5.41, 5.74) is 0.0594. The average Bonchev–Trinajstić information content (AvgIpc) is 2.52. The lowest BCUT2D eigenvalue weighted by atomic mass is 9.85. The summed E-state index contributed by atoms with van der Waals surface area (Å²) in [6, 6.07) is 1.28. The first-order valence-electron chi connectivity index (χ1n) is 5.09. The minimum atomic E-state index is -0.465. The molecule has 0 atom stereocenters. The second-order valence-corrected chi connectivity index (χ2v) is 3.90. The highest BCUT2D eigenvalue weighted by Crippen LogP contribution is 2.27. The molecule has 0 amide bonds. The maximum Gasteiger partial charge on any atom is 0.356 e. The van der Waals surface area contributed by atoms with E-state index in [4.69, 9.17) is 0 Å². The van der Waals surface area contributed by atoms with E-state index in [1.165, 1.54) is 32.4 Å². The van der Waals surface area contributed by atoms with Crippen LogP contribution in [0.25, 0.3) is 0 Å². The molecule has 82 valence electrons. The van der Waals surface area contributed by atoms with Gasteiger partial charge in [-0.05, 0) is 18.8 Å².